The molecule has 18 heavy (non-hydrogen) atoms. The van der Waals surface area contributed by atoms with Crippen molar-refractivity contribution in [3.8, 4) is 0 Å². The van der Waals surface area contributed by atoms with Gasteiger partial charge < -0.3 is 11.1 Å². The van der Waals surface area contributed by atoms with Crippen LogP contribution in [-0.4, -0.2) is 36.0 Å². The number of amides is 1. The first-order chi connectivity index (χ1) is 8.65. The minimum atomic E-state index is 0.0403. The van der Waals surface area contributed by atoms with Gasteiger partial charge in [-0.3, -0.25) is 9.69 Å². The van der Waals surface area contributed by atoms with Gasteiger partial charge in [0.25, 0.3) is 5.91 Å². The highest BCUT2D eigenvalue weighted by Crippen LogP contribution is 2.29. The van der Waals surface area contributed by atoms with E-state index in [-0.39, 0.29) is 5.91 Å². The molecule has 3 N–H and O–H groups in total. The third kappa shape index (κ3) is 2.01. The van der Waals surface area contributed by atoms with Crippen molar-refractivity contribution in [1.29, 1.82) is 0 Å². The van der Waals surface area contributed by atoms with Gasteiger partial charge in [-0.1, -0.05) is 0 Å². The molecule has 98 valence electrons. The number of thiophene rings is 1. The van der Waals surface area contributed by atoms with Crippen LogP contribution in [0.5, 0.6) is 0 Å². The third-order valence-corrected chi connectivity index (χ3v) is 5.17. The smallest absolute Gasteiger partial charge is 0.261 e. The fourth-order valence-corrected chi connectivity index (χ4v) is 3.94. The normalized spacial score (nSPS) is 27.4. The van der Waals surface area contributed by atoms with Crippen LogP contribution in [0.2, 0.25) is 0 Å². The first-order valence-electron chi connectivity index (χ1n) is 6.56. The van der Waals surface area contributed by atoms with Crippen molar-refractivity contribution in [2.24, 2.45) is 0 Å². The Morgan fingerprint density at radius 3 is 3.06 bits per heavy atom. The number of aryl methyl sites for hydroxylation is 1. The van der Waals surface area contributed by atoms with Crippen molar-refractivity contribution in [2.45, 2.75) is 38.3 Å². The predicted octanol–water partition coefficient (Wildman–Crippen LogP) is 1.61. The van der Waals surface area contributed by atoms with E-state index in [4.69, 9.17) is 5.73 Å². The molecule has 1 aromatic rings. The maximum Gasteiger partial charge on any atom is 0.261 e. The van der Waals surface area contributed by atoms with Gasteiger partial charge >= 0.3 is 0 Å². The van der Waals surface area contributed by atoms with Crippen LogP contribution in [0.4, 0.5) is 5.69 Å². The number of hydrogen-bond acceptors (Lipinski definition) is 4. The van der Waals surface area contributed by atoms with E-state index in [9.17, 15) is 4.79 Å². The number of fused-ring (bicyclic) bond motifs is 1. The van der Waals surface area contributed by atoms with Crippen molar-refractivity contribution in [1.82, 2.24) is 10.2 Å². The second-order valence-electron chi connectivity index (χ2n) is 5.24. The standard InChI is InChI=1S/C13H19N3OS/c1-8-9(14)7-12(18-8)13(17)15-10-4-6-16-5-2-3-11(10)16/h7,10-11H,2-6,14H2,1H3,(H,15,17). The lowest BCUT2D eigenvalue weighted by Gasteiger charge is -2.20. The molecule has 0 radical (unpaired) electrons. The average molecular weight is 265 g/mol. The Labute approximate surface area is 111 Å². The summed E-state index contributed by atoms with van der Waals surface area (Å²) in [4.78, 5) is 16.4. The van der Waals surface area contributed by atoms with Crippen LogP contribution in [0, 0.1) is 6.92 Å². The molecule has 3 heterocycles. The Morgan fingerprint density at radius 2 is 2.33 bits per heavy atom. The SMILES string of the molecule is Cc1sc(C(=O)NC2CCN3CCCC23)cc1N. The van der Waals surface area contributed by atoms with E-state index < -0.39 is 0 Å². The maximum atomic E-state index is 12.2. The van der Waals surface area contributed by atoms with Crippen LogP contribution in [0.25, 0.3) is 0 Å². The molecule has 2 aliphatic rings. The number of rotatable bonds is 2. The molecule has 0 aromatic carbocycles. The molecular formula is C13H19N3OS. The van der Waals surface area contributed by atoms with E-state index in [1.54, 1.807) is 6.07 Å². The Morgan fingerprint density at radius 1 is 1.50 bits per heavy atom. The van der Waals surface area contributed by atoms with E-state index in [1.165, 1.54) is 30.7 Å². The lowest BCUT2D eigenvalue weighted by Crippen LogP contribution is -2.42. The molecule has 2 atom stereocenters. The summed E-state index contributed by atoms with van der Waals surface area (Å²) in [6.07, 6.45) is 3.56. The first kappa shape index (κ1) is 12.0. The van der Waals surface area contributed by atoms with Gasteiger partial charge in [-0.2, -0.15) is 0 Å². The van der Waals surface area contributed by atoms with Crippen LogP contribution < -0.4 is 11.1 Å². The van der Waals surface area contributed by atoms with E-state index >= 15 is 0 Å². The van der Waals surface area contributed by atoms with E-state index in [0.29, 0.717) is 12.1 Å². The van der Waals surface area contributed by atoms with Crippen molar-refractivity contribution in [3.05, 3.63) is 15.8 Å². The first-order valence-corrected chi connectivity index (χ1v) is 7.37. The van der Waals surface area contributed by atoms with E-state index in [2.05, 4.69) is 10.2 Å². The number of nitrogens with two attached hydrogens (primary N) is 1. The summed E-state index contributed by atoms with van der Waals surface area (Å²) in [5.74, 6) is 0.0403. The summed E-state index contributed by atoms with van der Waals surface area (Å²) in [5, 5.41) is 3.18. The quantitative estimate of drug-likeness (QED) is 0.854. The van der Waals surface area contributed by atoms with Gasteiger partial charge in [0.2, 0.25) is 0 Å². The molecule has 1 aromatic heterocycles. The molecule has 0 spiro atoms. The third-order valence-electron chi connectivity index (χ3n) is 4.10. The van der Waals surface area contributed by atoms with Gasteiger partial charge in [0.1, 0.15) is 0 Å². The van der Waals surface area contributed by atoms with Gasteiger partial charge in [0.15, 0.2) is 0 Å². The highest BCUT2D eigenvalue weighted by atomic mass is 32.1. The molecule has 2 fully saturated rings. The zero-order valence-electron chi connectivity index (χ0n) is 10.6. The molecule has 0 aliphatic carbocycles. The van der Waals surface area contributed by atoms with E-state index in [0.717, 1.165) is 28.4 Å². The van der Waals surface area contributed by atoms with Gasteiger partial charge in [0, 0.05) is 29.2 Å². The number of nitrogen functional groups attached to an aromatic ring is 1. The van der Waals surface area contributed by atoms with E-state index in [1.807, 2.05) is 6.92 Å². The zero-order valence-corrected chi connectivity index (χ0v) is 11.4. The monoisotopic (exact) mass is 265 g/mol. The molecule has 4 nitrogen and oxygen atoms in total. The van der Waals surface area contributed by atoms with Gasteiger partial charge in [0.05, 0.1) is 4.88 Å². The van der Waals surface area contributed by atoms with Gasteiger partial charge in [-0.15, -0.1) is 11.3 Å². The molecule has 5 heteroatoms. The summed E-state index contributed by atoms with van der Waals surface area (Å²) in [6.45, 7) is 4.27. The number of anilines is 1. The van der Waals surface area contributed by atoms with Crippen LogP contribution in [0.15, 0.2) is 6.07 Å². The maximum absolute atomic E-state index is 12.2. The topological polar surface area (TPSA) is 58.4 Å². The number of nitrogens with zero attached hydrogens (tertiary/aromatic N) is 1. The molecule has 2 aliphatic heterocycles. The zero-order chi connectivity index (χ0) is 12.7. The Balaban J connectivity index is 1.67. The highest BCUT2D eigenvalue weighted by Gasteiger charge is 2.37. The lowest BCUT2D eigenvalue weighted by atomic mass is 10.1. The summed E-state index contributed by atoms with van der Waals surface area (Å²) >= 11 is 1.48. The minimum absolute atomic E-state index is 0.0403. The number of carbonyl (C=O) groups is 1. The van der Waals surface area contributed by atoms with Crippen LogP contribution in [-0.2, 0) is 0 Å². The number of nitrogens with one attached hydrogen (secondary N) is 1. The molecule has 1 amide bonds. The van der Waals surface area contributed by atoms with Crippen molar-refractivity contribution >= 4 is 22.9 Å². The van der Waals surface area contributed by atoms with Crippen LogP contribution in [0.1, 0.15) is 33.8 Å². The molecule has 3 rings (SSSR count). The minimum Gasteiger partial charge on any atom is -0.398 e. The van der Waals surface area contributed by atoms with Gasteiger partial charge in [-0.25, -0.2) is 0 Å². The molecule has 0 saturated carbocycles. The fourth-order valence-electron chi connectivity index (χ4n) is 3.10. The van der Waals surface area contributed by atoms with Crippen molar-refractivity contribution < 1.29 is 4.79 Å². The number of carbonyl (C=O) groups excluding carboxylic acids is 1. The summed E-state index contributed by atoms with van der Waals surface area (Å²) < 4.78 is 0. The van der Waals surface area contributed by atoms with Crippen LogP contribution >= 0.6 is 11.3 Å². The van der Waals surface area contributed by atoms with Crippen molar-refractivity contribution in [3.63, 3.8) is 0 Å². The Kier molecular flexibility index (Phi) is 3.03. The highest BCUT2D eigenvalue weighted by molar-refractivity contribution is 7.14. The molecule has 2 saturated heterocycles. The lowest BCUT2D eigenvalue weighted by molar-refractivity contribution is 0.0933. The molecule has 2 unspecified atom stereocenters. The number of hydrogen-bond donors (Lipinski definition) is 2. The molecular weight excluding hydrogens is 246 g/mol. The summed E-state index contributed by atoms with van der Waals surface area (Å²) in [6, 6.07) is 2.67. The fraction of sp³-hybridized carbons (Fsp3) is 0.615. The average Bonchev–Trinajstić information content (AvgIpc) is 2.99. The Bertz CT molecular complexity index is 451. The second kappa shape index (κ2) is 4.55. The van der Waals surface area contributed by atoms with Crippen LogP contribution in [0.3, 0.4) is 0 Å². The predicted molar refractivity (Wildman–Crippen MR) is 73.9 cm³/mol. The second-order valence-corrected chi connectivity index (χ2v) is 6.49. The largest absolute Gasteiger partial charge is 0.398 e. The Hall–Kier alpha value is -1.07. The summed E-state index contributed by atoms with van der Waals surface area (Å²) in [5.41, 5.74) is 6.52. The van der Waals surface area contributed by atoms with Crippen molar-refractivity contribution in [2.75, 3.05) is 18.8 Å². The molecule has 0 bridgehead atoms. The summed E-state index contributed by atoms with van der Waals surface area (Å²) in [7, 11) is 0. The van der Waals surface area contributed by atoms with Gasteiger partial charge in [-0.05, 0) is 38.8 Å².